The third-order valence-electron chi connectivity index (χ3n) is 3.82. The summed E-state index contributed by atoms with van der Waals surface area (Å²) in [5.74, 6) is 1.79. The third kappa shape index (κ3) is 4.23. The summed E-state index contributed by atoms with van der Waals surface area (Å²) in [5, 5.41) is 5.16. The van der Waals surface area contributed by atoms with Gasteiger partial charge in [-0.1, -0.05) is 0 Å². The minimum atomic E-state index is -0.253. The summed E-state index contributed by atoms with van der Waals surface area (Å²) in [7, 11) is 4.77. The Balaban J connectivity index is 1.82. The van der Waals surface area contributed by atoms with Gasteiger partial charge in [0.15, 0.2) is 5.13 Å². The van der Waals surface area contributed by atoms with Crippen molar-refractivity contribution in [3.05, 3.63) is 51.8 Å². The van der Waals surface area contributed by atoms with Gasteiger partial charge in [0.2, 0.25) is 0 Å². The molecule has 0 radical (unpaired) electrons. The quantitative estimate of drug-likeness (QED) is 0.583. The van der Waals surface area contributed by atoms with Gasteiger partial charge in [0.05, 0.1) is 31.5 Å². The number of rotatable bonds is 6. The Labute approximate surface area is 169 Å². The summed E-state index contributed by atoms with van der Waals surface area (Å²) in [6.07, 6.45) is 0. The van der Waals surface area contributed by atoms with E-state index in [-0.39, 0.29) is 5.91 Å². The second kappa shape index (κ2) is 8.41. The summed E-state index contributed by atoms with van der Waals surface area (Å²) in [6, 6.07) is 10.6. The first-order valence-electron chi connectivity index (χ1n) is 7.88. The maximum Gasteiger partial charge on any atom is 0.257 e. The molecule has 0 aliphatic rings. The molecule has 1 N–H and O–H groups in total. The van der Waals surface area contributed by atoms with Crippen molar-refractivity contribution in [3.8, 4) is 28.5 Å². The number of carbonyl (C=O) groups is 1. The van der Waals surface area contributed by atoms with Crippen molar-refractivity contribution >= 4 is 38.3 Å². The minimum absolute atomic E-state index is 0.253. The zero-order chi connectivity index (χ0) is 19.4. The number of aromatic nitrogens is 1. The van der Waals surface area contributed by atoms with Crippen LogP contribution in [0.15, 0.2) is 46.3 Å². The van der Waals surface area contributed by atoms with Gasteiger partial charge in [-0.2, -0.15) is 0 Å². The maximum absolute atomic E-state index is 12.5. The van der Waals surface area contributed by atoms with E-state index in [1.165, 1.54) is 11.3 Å². The monoisotopic (exact) mass is 448 g/mol. The molecule has 6 nitrogen and oxygen atoms in total. The number of methoxy groups -OCH3 is 3. The van der Waals surface area contributed by atoms with Gasteiger partial charge in [0, 0.05) is 16.5 Å². The first kappa shape index (κ1) is 19.2. The SMILES string of the molecule is COc1ccc(OC)c(-c2csc(NC(=O)c3ccc(OC)c(Br)c3)n2)c1. The van der Waals surface area contributed by atoms with Crippen molar-refractivity contribution in [1.29, 1.82) is 0 Å². The van der Waals surface area contributed by atoms with Crippen LogP contribution in [0.25, 0.3) is 11.3 Å². The van der Waals surface area contributed by atoms with Gasteiger partial charge >= 0.3 is 0 Å². The van der Waals surface area contributed by atoms with Gasteiger partial charge in [-0.25, -0.2) is 4.98 Å². The number of nitrogens with zero attached hydrogens (tertiary/aromatic N) is 1. The van der Waals surface area contributed by atoms with Crippen LogP contribution in [0.1, 0.15) is 10.4 Å². The maximum atomic E-state index is 12.5. The van der Waals surface area contributed by atoms with Crippen LogP contribution in [0.4, 0.5) is 5.13 Å². The molecule has 0 fully saturated rings. The molecule has 3 aromatic rings. The van der Waals surface area contributed by atoms with E-state index < -0.39 is 0 Å². The van der Waals surface area contributed by atoms with Gasteiger partial charge in [-0.3, -0.25) is 10.1 Å². The molecule has 1 heterocycles. The molecule has 0 bridgehead atoms. The Bertz CT molecular complexity index is 974. The van der Waals surface area contributed by atoms with E-state index in [0.717, 1.165) is 5.56 Å². The number of hydrogen-bond acceptors (Lipinski definition) is 6. The largest absolute Gasteiger partial charge is 0.497 e. The van der Waals surface area contributed by atoms with Crippen LogP contribution in [0.5, 0.6) is 17.2 Å². The van der Waals surface area contributed by atoms with E-state index in [4.69, 9.17) is 14.2 Å². The Morgan fingerprint density at radius 3 is 2.44 bits per heavy atom. The number of amides is 1. The smallest absolute Gasteiger partial charge is 0.257 e. The van der Waals surface area contributed by atoms with E-state index in [2.05, 4.69) is 26.2 Å². The zero-order valence-electron chi connectivity index (χ0n) is 14.9. The van der Waals surface area contributed by atoms with Crippen LogP contribution < -0.4 is 19.5 Å². The number of ether oxygens (including phenoxy) is 3. The highest BCUT2D eigenvalue weighted by Crippen LogP contribution is 2.35. The van der Waals surface area contributed by atoms with Crippen LogP contribution in [0.3, 0.4) is 0 Å². The predicted molar refractivity (Wildman–Crippen MR) is 109 cm³/mol. The normalized spacial score (nSPS) is 10.4. The summed E-state index contributed by atoms with van der Waals surface area (Å²) in [4.78, 5) is 17.0. The van der Waals surface area contributed by atoms with E-state index in [1.54, 1.807) is 39.5 Å². The summed E-state index contributed by atoms with van der Waals surface area (Å²) in [5.41, 5.74) is 1.99. The number of halogens is 1. The van der Waals surface area contributed by atoms with Crippen molar-refractivity contribution in [2.75, 3.05) is 26.6 Å². The molecule has 1 aromatic heterocycles. The Morgan fingerprint density at radius 2 is 1.78 bits per heavy atom. The first-order valence-corrected chi connectivity index (χ1v) is 9.55. The molecule has 0 saturated heterocycles. The topological polar surface area (TPSA) is 69.7 Å². The van der Waals surface area contributed by atoms with Crippen LogP contribution in [0, 0.1) is 0 Å². The van der Waals surface area contributed by atoms with Gasteiger partial charge in [0.1, 0.15) is 17.2 Å². The minimum Gasteiger partial charge on any atom is -0.497 e. The van der Waals surface area contributed by atoms with E-state index in [1.807, 2.05) is 23.6 Å². The first-order chi connectivity index (χ1) is 13.0. The lowest BCUT2D eigenvalue weighted by molar-refractivity contribution is 0.102. The Hall–Kier alpha value is -2.58. The Kier molecular flexibility index (Phi) is 5.98. The molecule has 0 unspecified atom stereocenters. The van der Waals surface area contributed by atoms with E-state index in [9.17, 15) is 4.79 Å². The number of hydrogen-bond donors (Lipinski definition) is 1. The summed E-state index contributed by atoms with van der Waals surface area (Å²) < 4.78 is 16.6. The van der Waals surface area contributed by atoms with Crippen molar-refractivity contribution in [3.63, 3.8) is 0 Å². The summed E-state index contributed by atoms with van der Waals surface area (Å²) >= 11 is 4.72. The molecule has 1 amide bonds. The molecule has 0 aliphatic carbocycles. The number of anilines is 1. The average Bonchev–Trinajstić information content (AvgIpc) is 3.15. The lowest BCUT2D eigenvalue weighted by Gasteiger charge is -2.08. The fourth-order valence-corrected chi connectivity index (χ4v) is 3.69. The van der Waals surface area contributed by atoms with Crippen LogP contribution in [-0.2, 0) is 0 Å². The lowest BCUT2D eigenvalue weighted by atomic mass is 10.1. The third-order valence-corrected chi connectivity index (χ3v) is 5.20. The number of nitrogens with one attached hydrogen (secondary N) is 1. The molecule has 3 rings (SSSR count). The van der Waals surface area contributed by atoms with Crippen molar-refractivity contribution in [2.24, 2.45) is 0 Å². The molecular formula is C19H17BrN2O4S. The fraction of sp³-hybridized carbons (Fsp3) is 0.158. The number of benzene rings is 2. The standard InChI is InChI=1S/C19H17BrN2O4S/c1-24-12-5-7-16(25-2)13(9-12)15-10-27-19(21-15)22-18(23)11-4-6-17(26-3)14(20)8-11/h4-10H,1-3H3,(H,21,22,23). The van der Waals surface area contributed by atoms with E-state index in [0.29, 0.717) is 38.1 Å². The highest BCUT2D eigenvalue weighted by atomic mass is 79.9. The van der Waals surface area contributed by atoms with Crippen LogP contribution >= 0.6 is 27.3 Å². The molecule has 0 saturated carbocycles. The molecule has 0 aliphatic heterocycles. The number of thiazole rings is 1. The second-order valence-corrected chi connectivity index (χ2v) is 7.12. The fourth-order valence-electron chi connectivity index (χ4n) is 2.45. The van der Waals surface area contributed by atoms with Crippen LogP contribution in [0.2, 0.25) is 0 Å². The molecule has 140 valence electrons. The van der Waals surface area contributed by atoms with Gasteiger partial charge in [0.25, 0.3) is 5.91 Å². The molecule has 0 atom stereocenters. The number of carbonyl (C=O) groups excluding carboxylic acids is 1. The van der Waals surface area contributed by atoms with Crippen molar-refractivity contribution in [1.82, 2.24) is 4.98 Å². The lowest BCUT2D eigenvalue weighted by Crippen LogP contribution is -2.11. The van der Waals surface area contributed by atoms with Gasteiger partial charge in [-0.05, 0) is 52.3 Å². The highest BCUT2D eigenvalue weighted by Gasteiger charge is 2.14. The van der Waals surface area contributed by atoms with Crippen molar-refractivity contribution < 1.29 is 19.0 Å². The predicted octanol–water partition coefficient (Wildman–Crippen LogP) is 4.85. The average molecular weight is 449 g/mol. The summed E-state index contributed by atoms with van der Waals surface area (Å²) in [6.45, 7) is 0. The van der Waals surface area contributed by atoms with Crippen LogP contribution in [-0.4, -0.2) is 32.2 Å². The van der Waals surface area contributed by atoms with Gasteiger partial charge in [-0.15, -0.1) is 11.3 Å². The molecule has 27 heavy (non-hydrogen) atoms. The Morgan fingerprint density at radius 1 is 1.04 bits per heavy atom. The zero-order valence-corrected chi connectivity index (χ0v) is 17.3. The molecule has 2 aromatic carbocycles. The second-order valence-electron chi connectivity index (χ2n) is 5.41. The van der Waals surface area contributed by atoms with Gasteiger partial charge < -0.3 is 14.2 Å². The molecule has 0 spiro atoms. The van der Waals surface area contributed by atoms with E-state index >= 15 is 0 Å². The molecular weight excluding hydrogens is 432 g/mol. The van der Waals surface area contributed by atoms with Crippen molar-refractivity contribution in [2.45, 2.75) is 0 Å². The molecule has 8 heteroatoms. The highest BCUT2D eigenvalue weighted by molar-refractivity contribution is 9.10.